The predicted octanol–water partition coefficient (Wildman–Crippen LogP) is 8.03. The van der Waals surface area contributed by atoms with Gasteiger partial charge in [-0.25, -0.2) is 4.79 Å². The van der Waals surface area contributed by atoms with Crippen LogP contribution in [0.4, 0.5) is 16.4 Å². The molecule has 266 valence electrons. The number of amides is 3. The molecule has 0 saturated heterocycles. The summed E-state index contributed by atoms with van der Waals surface area (Å²) in [6.45, 7) is 6.17. The molecule has 3 amide bonds. The third kappa shape index (κ3) is 9.68. The maximum atomic E-state index is 13.7. The second-order valence-electron chi connectivity index (χ2n) is 12.6. The molecule has 2 atom stereocenters. The first-order valence-corrected chi connectivity index (χ1v) is 18.8. The molecule has 5 rings (SSSR count). The molecule has 4 aromatic rings. The van der Waals surface area contributed by atoms with Crippen molar-refractivity contribution in [3.63, 3.8) is 0 Å². The van der Waals surface area contributed by atoms with Gasteiger partial charge in [0.25, 0.3) is 11.8 Å². The monoisotopic (exact) mass is 724 g/mol. The Balaban J connectivity index is 1.32. The van der Waals surface area contributed by atoms with E-state index in [-0.39, 0.29) is 18.2 Å². The summed E-state index contributed by atoms with van der Waals surface area (Å²) in [5.41, 5.74) is 4.24. The number of rotatable bonds is 13. The highest BCUT2D eigenvalue weighted by molar-refractivity contribution is 8.00. The number of fused-ring (bicyclic) bond motifs is 1. The first-order chi connectivity index (χ1) is 24.6. The van der Waals surface area contributed by atoms with Gasteiger partial charge in [-0.3, -0.25) is 14.4 Å². The van der Waals surface area contributed by atoms with Crippen molar-refractivity contribution in [3.8, 4) is 0 Å². The minimum absolute atomic E-state index is 0.0794. The highest BCUT2D eigenvalue weighted by atomic mass is 32.2. The smallest absolute Gasteiger partial charge is 0.341 e. The third-order valence-corrected chi connectivity index (χ3v) is 11.0. The molecule has 1 aliphatic rings. The maximum absolute atomic E-state index is 13.7. The van der Waals surface area contributed by atoms with Crippen LogP contribution in [0.25, 0.3) is 6.08 Å². The first kappa shape index (κ1) is 37.4. The fourth-order valence-corrected chi connectivity index (χ4v) is 8.18. The molecule has 11 heteroatoms. The number of benzene rings is 3. The molecule has 3 N–H and O–H groups in total. The van der Waals surface area contributed by atoms with Gasteiger partial charge in [0.05, 0.1) is 17.4 Å². The highest BCUT2D eigenvalue weighted by Gasteiger charge is 2.30. The van der Waals surface area contributed by atoms with Crippen LogP contribution in [0.15, 0.2) is 89.5 Å². The summed E-state index contributed by atoms with van der Waals surface area (Å²) in [6.07, 6.45) is 4.83. The average molecular weight is 725 g/mol. The number of esters is 1. The maximum Gasteiger partial charge on any atom is 0.341 e. The van der Waals surface area contributed by atoms with E-state index < -0.39 is 23.0 Å². The lowest BCUT2D eigenvalue weighted by molar-refractivity contribution is -0.116. The van der Waals surface area contributed by atoms with Crippen LogP contribution >= 0.6 is 23.1 Å². The fourth-order valence-electron chi connectivity index (χ4n) is 5.76. The van der Waals surface area contributed by atoms with E-state index in [0.29, 0.717) is 34.2 Å². The number of thiophene rings is 1. The van der Waals surface area contributed by atoms with Gasteiger partial charge in [0.15, 0.2) is 0 Å². The number of hydrogen-bond acceptors (Lipinski definition) is 8. The average Bonchev–Trinajstić information content (AvgIpc) is 3.47. The lowest BCUT2D eigenvalue weighted by atomic mass is 9.88. The van der Waals surface area contributed by atoms with Gasteiger partial charge in [0, 0.05) is 40.8 Å². The Kier molecular flexibility index (Phi) is 12.7. The summed E-state index contributed by atoms with van der Waals surface area (Å²) in [7, 11) is 3.90. The number of carbonyl (C=O) groups excluding carboxylic acids is 4. The van der Waals surface area contributed by atoms with Gasteiger partial charge in [0.1, 0.15) is 10.7 Å². The highest BCUT2D eigenvalue weighted by Crippen LogP contribution is 2.41. The minimum Gasteiger partial charge on any atom is -0.462 e. The summed E-state index contributed by atoms with van der Waals surface area (Å²) in [5.74, 6) is -0.991. The normalized spacial score (nSPS) is 14.5. The molecule has 1 aliphatic carbocycles. The van der Waals surface area contributed by atoms with Crippen LogP contribution in [0.5, 0.6) is 0 Å². The molecule has 0 radical (unpaired) electrons. The van der Waals surface area contributed by atoms with Gasteiger partial charge in [-0.15, -0.1) is 23.1 Å². The number of nitrogens with zero attached hydrogens (tertiary/aromatic N) is 1. The van der Waals surface area contributed by atoms with E-state index in [9.17, 15) is 19.2 Å². The largest absolute Gasteiger partial charge is 0.462 e. The molecule has 51 heavy (non-hydrogen) atoms. The molecule has 0 bridgehead atoms. The van der Waals surface area contributed by atoms with E-state index >= 15 is 0 Å². The number of hydrogen-bond donors (Lipinski definition) is 3. The number of carbonyl (C=O) groups is 4. The van der Waals surface area contributed by atoms with Crippen LogP contribution in [0, 0.1) is 5.92 Å². The van der Waals surface area contributed by atoms with E-state index in [1.807, 2.05) is 68.4 Å². The Labute approximate surface area is 307 Å². The Bertz CT molecular complexity index is 1900. The summed E-state index contributed by atoms with van der Waals surface area (Å²) < 4.78 is 5.38. The number of nitrogens with one attached hydrogen (secondary N) is 3. The fraction of sp³-hybridized carbons (Fsp3) is 0.300. The molecule has 3 aromatic carbocycles. The second-order valence-corrected chi connectivity index (χ2v) is 15.0. The van der Waals surface area contributed by atoms with Crippen LogP contribution < -0.4 is 20.9 Å². The van der Waals surface area contributed by atoms with Crippen molar-refractivity contribution >= 4 is 69.2 Å². The molecule has 0 spiro atoms. The van der Waals surface area contributed by atoms with Gasteiger partial charge in [0.2, 0.25) is 5.91 Å². The van der Waals surface area contributed by atoms with Crippen LogP contribution in [-0.4, -0.2) is 49.6 Å². The predicted molar refractivity (Wildman–Crippen MR) is 208 cm³/mol. The van der Waals surface area contributed by atoms with Crippen molar-refractivity contribution in [2.75, 3.05) is 36.2 Å². The van der Waals surface area contributed by atoms with Crippen molar-refractivity contribution in [1.29, 1.82) is 0 Å². The van der Waals surface area contributed by atoms with Crippen molar-refractivity contribution in [2.24, 2.45) is 5.92 Å². The van der Waals surface area contributed by atoms with E-state index in [0.717, 1.165) is 45.8 Å². The van der Waals surface area contributed by atoms with E-state index in [1.54, 1.807) is 49.4 Å². The first-order valence-electron chi connectivity index (χ1n) is 17.1. The molecular formula is C40H44N4O5S2. The van der Waals surface area contributed by atoms with Crippen molar-refractivity contribution in [1.82, 2.24) is 5.32 Å². The number of thioether (sulfide) groups is 1. The van der Waals surface area contributed by atoms with Crippen molar-refractivity contribution in [2.45, 2.75) is 56.6 Å². The minimum atomic E-state index is -0.495. The topological polar surface area (TPSA) is 117 Å². The zero-order chi connectivity index (χ0) is 36.5. The van der Waals surface area contributed by atoms with Crippen LogP contribution in [0.1, 0.15) is 70.3 Å². The van der Waals surface area contributed by atoms with E-state index in [1.165, 1.54) is 23.1 Å². The van der Waals surface area contributed by atoms with Crippen LogP contribution in [0.3, 0.4) is 0 Å². The number of anilines is 3. The zero-order valence-electron chi connectivity index (χ0n) is 29.6. The van der Waals surface area contributed by atoms with Gasteiger partial charge >= 0.3 is 5.97 Å². The van der Waals surface area contributed by atoms with Crippen LogP contribution in [-0.2, 0) is 27.2 Å². The molecule has 2 unspecified atom stereocenters. The molecule has 9 nitrogen and oxygen atoms in total. The zero-order valence-corrected chi connectivity index (χ0v) is 31.2. The van der Waals surface area contributed by atoms with Crippen molar-refractivity contribution < 1.29 is 23.9 Å². The number of ether oxygens (including phenoxy) is 1. The van der Waals surface area contributed by atoms with Gasteiger partial charge in [-0.2, -0.15) is 0 Å². The third-order valence-electron chi connectivity index (χ3n) is 8.51. The summed E-state index contributed by atoms with van der Waals surface area (Å²) in [4.78, 5) is 57.3. The molecular weight excluding hydrogens is 681 g/mol. The Hall–Kier alpha value is -4.87. The summed E-state index contributed by atoms with van der Waals surface area (Å²) in [6, 6.07) is 23.6. The molecule has 0 saturated carbocycles. The Morgan fingerprint density at radius 1 is 0.980 bits per heavy atom. The van der Waals surface area contributed by atoms with Gasteiger partial charge < -0.3 is 25.6 Å². The molecule has 1 heterocycles. The summed E-state index contributed by atoms with van der Waals surface area (Å²) >= 11 is 2.85. The SMILES string of the molecule is CCOC(=O)c1c(NC(=O)C(CC)Sc2cccc(NC(=O)/C(=C\c3ccc(N(C)C)cc3)NC(=O)c3ccccc3)c2)sc2c1CCC(C)C2. The molecule has 0 aliphatic heterocycles. The molecule has 1 aromatic heterocycles. The second kappa shape index (κ2) is 17.4. The van der Waals surface area contributed by atoms with Gasteiger partial charge in [-0.05, 0) is 98.2 Å². The van der Waals surface area contributed by atoms with Crippen molar-refractivity contribution in [3.05, 3.63) is 112 Å². The Morgan fingerprint density at radius 3 is 2.41 bits per heavy atom. The quantitative estimate of drug-likeness (QED) is 0.0726. The van der Waals surface area contributed by atoms with Crippen LogP contribution in [0.2, 0.25) is 0 Å². The molecule has 0 fully saturated rings. The lowest BCUT2D eigenvalue weighted by Crippen LogP contribution is -2.30. The Morgan fingerprint density at radius 2 is 1.73 bits per heavy atom. The lowest BCUT2D eigenvalue weighted by Gasteiger charge is -2.18. The van der Waals surface area contributed by atoms with E-state index in [2.05, 4.69) is 22.9 Å². The van der Waals surface area contributed by atoms with Gasteiger partial charge in [-0.1, -0.05) is 50.2 Å². The standard InChI is InChI=1S/C40H44N4O5S2/c1-6-33(38(47)43-39-35(40(48)49-7-2)31-21-16-25(3)22-34(31)51-39)50-30-15-11-14-28(24-30)41-37(46)32(42-36(45)27-12-9-8-10-13-27)23-26-17-19-29(20-18-26)44(4)5/h8-15,17-20,23-25,33H,6-7,16,21-22H2,1-5H3,(H,41,46)(H,42,45)(H,43,47)/b32-23+. The van der Waals surface area contributed by atoms with E-state index in [4.69, 9.17) is 4.74 Å². The summed E-state index contributed by atoms with van der Waals surface area (Å²) in [5, 5.41) is 8.84.